The Kier molecular flexibility index (Phi) is 4.77. The summed E-state index contributed by atoms with van der Waals surface area (Å²) in [5.74, 6) is 0.568. The van der Waals surface area contributed by atoms with Crippen LogP contribution >= 0.6 is 0 Å². The maximum Gasteiger partial charge on any atom is 0.188 e. The number of nitrogens with zero attached hydrogens (tertiary/aromatic N) is 1. The van der Waals surface area contributed by atoms with Gasteiger partial charge in [0.1, 0.15) is 12.0 Å². The van der Waals surface area contributed by atoms with E-state index < -0.39 is 0 Å². The van der Waals surface area contributed by atoms with Gasteiger partial charge in [0.05, 0.1) is 11.6 Å². The number of rotatable bonds is 5. The molecule has 82 valence electrons. The summed E-state index contributed by atoms with van der Waals surface area (Å²) in [6, 6.07) is 6.97. The number of methoxy groups -OCH3 is 1. The lowest BCUT2D eigenvalue weighted by atomic mass is 10.1. The second-order valence-corrected chi connectivity index (χ2v) is 2.91. The van der Waals surface area contributed by atoms with Gasteiger partial charge < -0.3 is 9.47 Å². The van der Waals surface area contributed by atoms with Gasteiger partial charge in [0.25, 0.3) is 0 Å². The first-order chi connectivity index (χ1) is 7.81. The van der Waals surface area contributed by atoms with Crippen molar-refractivity contribution in [3.05, 3.63) is 35.4 Å². The highest BCUT2D eigenvalue weighted by Crippen LogP contribution is 2.21. The minimum absolute atomic E-state index is 0.119. The van der Waals surface area contributed by atoms with E-state index >= 15 is 0 Å². The van der Waals surface area contributed by atoms with E-state index in [0.717, 1.165) is 0 Å². The largest absolute Gasteiger partial charge is 0.467 e. The highest BCUT2D eigenvalue weighted by atomic mass is 16.7. The van der Waals surface area contributed by atoms with Gasteiger partial charge in [0.15, 0.2) is 6.79 Å². The van der Waals surface area contributed by atoms with E-state index in [1.165, 1.54) is 13.2 Å². The fourth-order valence-corrected chi connectivity index (χ4v) is 1.15. The second-order valence-electron chi connectivity index (χ2n) is 2.91. The molecule has 16 heavy (non-hydrogen) atoms. The van der Waals surface area contributed by atoms with Crippen molar-refractivity contribution in [1.82, 2.24) is 0 Å². The normalized spacial score (nSPS) is 10.0. The van der Waals surface area contributed by atoms with Gasteiger partial charge in [-0.15, -0.1) is 0 Å². The monoisotopic (exact) mass is 217 g/mol. The van der Waals surface area contributed by atoms with Gasteiger partial charge >= 0.3 is 0 Å². The van der Waals surface area contributed by atoms with E-state index in [9.17, 15) is 4.79 Å². The minimum Gasteiger partial charge on any atom is -0.467 e. The molecule has 1 aromatic rings. The van der Waals surface area contributed by atoms with Crippen molar-refractivity contribution in [2.75, 3.05) is 13.9 Å². The fraction of sp³-hybridized carbons (Fsp3) is 0.167. The van der Waals surface area contributed by atoms with E-state index in [1.54, 1.807) is 24.3 Å². The summed E-state index contributed by atoms with van der Waals surface area (Å²) in [6.07, 6.45) is 3.59. The lowest BCUT2D eigenvalue weighted by molar-refractivity contribution is -0.104. The second kappa shape index (κ2) is 6.38. The third-order valence-electron chi connectivity index (χ3n) is 1.83. The van der Waals surface area contributed by atoms with Crippen LogP contribution in [-0.4, -0.2) is 20.2 Å². The summed E-state index contributed by atoms with van der Waals surface area (Å²) < 4.78 is 10.1. The molecule has 0 aliphatic heterocycles. The smallest absolute Gasteiger partial charge is 0.188 e. The third-order valence-corrected chi connectivity index (χ3v) is 1.83. The highest BCUT2D eigenvalue weighted by Gasteiger charge is 2.02. The molecule has 0 saturated heterocycles. The number of hydrogen-bond acceptors (Lipinski definition) is 4. The van der Waals surface area contributed by atoms with Crippen molar-refractivity contribution in [3.8, 4) is 11.8 Å². The van der Waals surface area contributed by atoms with Gasteiger partial charge in [0.2, 0.25) is 0 Å². The van der Waals surface area contributed by atoms with Crippen molar-refractivity contribution >= 4 is 12.4 Å². The molecule has 0 amide bonds. The average molecular weight is 217 g/mol. The lowest BCUT2D eigenvalue weighted by Gasteiger charge is -2.07. The SMILES string of the molecule is COCOc1ccc(C#N)cc1/C=C/C=O. The molecule has 0 aliphatic rings. The Bertz CT molecular complexity index is 432. The van der Waals surface area contributed by atoms with Crippen molar-refractivity contribution in [2.24, 2.45) is 0 Å². The van der Waals surface area contributed by atoms with Gasteiger partial charge in [-0.3, -0.25) is 4.79 Å². The molecule has 0 saturated carbocycles. The Hall–Kier alpha value is -2.12. The number of benzene rings is 1. The topological polar surface area (TPSA) is 59.3 Å². The van der Waals surface area contributed by atoms with Gasteiger partial charge in [0, 0.05) is 12.7 Å². The van der Waals surface area contributed by atoms with Crippen molar-refractivity contribution < 1.29 is 14.3 Å². The molecule has 0 bridgehead atoms. The van der Waals surface area contributed by atoms with E-state index in [1.807, 2.05) is 6.07 Å². The van der Waals surface area contributed by atoms with Crippen LogP contribution in [0.4, 0.5) is 0 Å². The molecule has 0 aliphatic carbocycles. The number of carbonyl (C=O) groups is 1. The number of ether oxygens (including phenoxy) is 2. The summed E-state index contributed by atoms with van der Waals surface area (Å²) in [7, 11) is 1.52. The predicted octanol–water partition coefficient (Wildman–Crippen LogP) is 1.75. The van der Waals surface area contributed by atoms with Crippen molar-refractivity contribution in [2.45, 2.75) is 0 Å². The summed E-state index contributed by atoms with van der Waals surface area (Å²) in [4.78, 5) is 10.2. The molecular weight excluding hydrogens is 206 g/mol. The summed E-state index contributed by atoms with van der Waals surface area (Å²) in [6.45, 7) is 0.119. The Labute approximate surface area is 93.7 Å². The molecule has 0 N–H and O–H groups in total. The molecule has 4 nitrogen and oxygen atoms in total. The number of aldehydes is 1. The Morgan fingerprint density at radius 2 is 2.31 bits per heavy atom. The van der Waals surface area contributed by atoms with Crippen molar-refractivity contribution in [3.63, 3.8) is 0 Å². The van der Waals surface area contributed by atoms with Crippen LogP contribution in [0.2, 0.25) is 0 Å². The number of hydrogen-bond donors (Lipinski definition) is 0. The van der Waals surface area contributed by atoms with Crippen LogP contribution in [-0.2, 0) is 9.53 Å². The van der Waals surface area contributed by atoms with E-state index in [2.05, 4.69) is 0 Å². The third kappa shape index (κ3) is 3.23. The maximum atomic E-state index is 10.2. The van der Waals surface area contributed by atoms with Crippen LogP contribution in [0, 0.1) is 11.3 Å². The average Bonchev–Trinajstić information content (AvgIpc) is 2.34. The fourth-order valence-electron chi connectivity index (χ4n) is 1.15. The first-order valence-corrected chi connectivity index (χ1v) is 4.59. The molecular formula is C12H11NO3. The molecule has 1 aromatic carbocycles. The van der Waals surface area contributed by atoms with E-state index in [-0.39, 0.29) is 6.79 Å². The molecule has 1 rings (SSSR count). The Balaban J connectivity index is 3.01. The maximum absolute atomic E-state index is 10.2. The molecule has 0 radical (unpaired) electrons. The molecule has 0 unspecified atom stereocenters. The number of allylic oxidation sites excluding steroid dienone is 1. The lowest BCUT2D eigenvalue weighted by Crippen LogP contribution is -2.00. The number of nitriles is 1. The molecule has 0 heterocycles. The van der Waals surface area contributed by atoms with Gasteiger partial charge in [-0.05, 0) is 30.4 Å². The van der Waals surface area contributed by atoms with Crippen LogP contribution in [0.15, 0.2) is 24.3 Å². The first kappa shape index (κ1) is 12.0. The zero-order chi connectivity index (χ0) is 11.8. The van der Waals surface area contributed by atoms with Crippen LogP contribution < -0.4 is 4.74 Å². The van der Waals surface area contributed by atoms with Crippen LogP contribution in [0.25, 0.3) is 6.08 Å². The van der Waals surface area contributed by atoms with Gasteiger partial charge in [-0.2, -0.15) is 5.26 Å². The van der Waals surface area contributed by atoms with E-state index in [4.69, 9.17) is 14.7 Å². The highest BCUT2D eigenvalue weighted by molar-refractivity contribution is 5.75. The molecule has 0 aromatic heterocycles. The quantitative estimate of drug-likeness (QED) is 0.428. The Morgan fingerprint density at radius 1 is 1.50 bits per heavy atom. The first-order valence-electron chi connectivity index (χ1n) is 4.59. The van der Waals surface area contributed by atoms with Gasteiger partial charge in [-0.25, -0.2) is 0 Å². The summed E-state index contributed by atoms with van der Waals surface area (Å²) >= 11 is 0. The molecule has 0 spiro atoms. The van der Waals surface area contributed by atoms with E-state index in [0.29, 0.717) is 23.2 Å². The number of carbonyl (C=O) groups excluding carboxylic acids is 1. The zero-order valence-electron chi connectivity index (χ0n) is 8.84. The van der Waals surface area contributed by atoms with Crippen LogP contribution in [0.3, 0.4) is 0 Å². The predicted molar refractivity (Wildman–Crippen MR) is 58.8 cm³/mol. The van der Waals surface area contributed by atoms with Gasteiger partial charge in [-0.1, -0.05) is 0 Å². The zero-order valence-corrected chi connectivity index (χ0v) is 8.84. The van der Waals surface area contributed by atoms with Crippen LogP contribution in [0.1, 0.15) is 11.1 Å². The Morgan fingerprint density at radius 3 is 2.94 bits per heavy atom. The van der Waals surface area contributed by atoms with Crippen LogP contribution in [0.5, 0.6) is 5.75 Å². The summed E-state index contributed by atoms with van der Waals surface area (Å²) in [5.41, 5.74) is 1.18. The van der Waals surface area contributed by atoms with Crippen molar-refractivity contribution in [1.29, 1.82) is 5.26 Å². The molecule has 0 fully saturated rings. The summed E-state index contributed by atoms with van der Waals surface area (Å²) in [5, 5.41) is 8.75. The standard InChI is InChI=1S/C12H11NO3/c1-15-9-16-12-5-4-10(8-13)7-11(12)3-2-6-14/h2-7H,9H2,1H3/b3-2+. The molecule has 4 heteroatoms. The molecule has 0 atom stereocenters. The minimum atomic E-state index is 0.119.